The summed E-state index contributed by atoms with van der Waals surface area (Å²) >= 11 is 0. The van der Waals surface area contributed by atoms with E-state index >= 15 is 0 Å². The van der Waals surface area contributed by atoms with Crippen LogP contribution in [-0.4, -0.2) is 0 Å². The Morgan fingerprint density at radius 3 is 0.542 bits per heavy atom. The topological polar surface area (TPSA) is 9.72 Å². The third-order valence-electron chi connectivity index (χ3n) is 29.6. The molecule has 24 aromatic rings. The first-order valence-corrected chi connectivity index (χ1v) is 49.6. The zero-order valence-corrected chi connectivity index (χ0v) is 80.3. The summed E-state index contributed by atoms with van der Waals surface area (Å²) in [5.74, 6) is 0.499. The van der Waals surface area contributed by atoms with E-state index in [1.807, 2.05) is 0 Å². The minimum absolute atomic E-state index is 0.499. The van der Waals surface area contributed by atoms with Crippen LogP contribution in [0.3, 0.4) is 0 Å². The monoisotopic (exact) mass is 1810 g/mol. The minimum atomic E-state index is 0.499. The summed E-state index contributed by atoms with van der Waals surface area (Å²) in [6.45, 7) is 13.3. The van der Waals surface area contributed by atoms with Gasteiger partial charge in [0.15, 0.2) is 0 Å². The molecule has 3 heteroatoms. The second-order valence-electron chi connectivity index (χ2n) is 38.7. The Kier molecular flexibility index (Phi) is 21.8. The molecule has 0 radical (unpaired) electrons. The number of benzene rings is 24. The lowest BCUT2D eigenvalue weighted by Crippen LogP contribution is -2.11. The van der Waals surface area contributed by atoms with Crippen LogP contribution in [0, 0.1) is 27.7 Å². The summed E-state index contributed by atoms with van der Waals surface area (Å²) in [4.78, 5) is 7.09. The molecule has 0 aliphatic heterocycles. The largest absolute Gasteiger partial charge is 0.310 e. The minimum Gasteiger partial charge on any atom is -0.310 e. The Balaban J connectivity index is 0.000000112. The van der Waals surface area contributed by atoms with Crippen molar-refractivity contribution >= 4 is 116 Å². The number of anilines is 9. The molecule has 142 heavy (non-hydrogen) atoms. The number of aryl methyl sites for hydroxylation is 3. The van der Waals surface area contributed by atoms with Gasteiger partial charge in [-0.2, -0.15) is 0 Å². The van der Waals surface area contributed by atoms with Crippen LogP contribution in [0.2, 0.25) is 0 Å². The van der Waals surface area contributed by atoms with Gasteiger partial charge in [-0.05, 0) is 472 Å². The molecule has 27 rings (SSSR count). The standard InChI is InChI=1S/2C47H35N.C45H31N/c1-30-21-41(22-31(2)32(30)3)48(39-17-11-6-12-18-39)40-20-19-35-24-44-45(27-36(35)23-40)47-29-38-26-43(34-15-9-5-10-16-34)42(25-37(38)28-46(44)47)33-13-7-4-8-14-33;1-31(2)32-18-21-40(22-19-32)48(39-16-10-5-11-17-39)41-23-20-35-25-44-45(28-36(35)24-41)47-30-38-27-43(34-14-8-4-9-15-34)42(26-37(38)29-46(44)47)33-12-6-3-7-13-33;1-30-17-20-38(21-18-30)46(37-15-9-4-10-16-37)39-22-19-33-24-42-43(27-34(33)23-39)45-29-36-26-41(32-13-7-3-8-14-32)40(25-35(36)28-44(42)45)31-11-5-2-6-12-31/h4-29H,1-3H3;3-31H,1-2H3;2-29H,1H3. The predicted molar refractivity (Wildman–Crippen MR) is 607 cm³/mol. The first kappa shape index (κ1) is 85.9. The lowest BCUT2D eigenvalue weighted by molar-refractivity contribution is 0.866. The maximum absolute atomic E-state index is 2.40. The Morgan fingerprint density at radius 1 is 0.141 bits per heavy atom. The first-order valence-electron chi connectivity index (χ1n) is 49.6. The molecule has 0 unspecified atom stereocenters. The molecule has 3 nitrogen and oxygen atoms in total. The van der Waals surface area contributed by atoms with E-state index in [2.05, 4.69) is 554 Å². The zero-order valence-electron chi connectivity index (χ0n) is 80.3. The third kappa shape index (κ3) is 15.8. The van der Waals surface area contributed by atoms with Crippen molar-refractivity contribution in [1.29, 1.82) is 0 Å². The van der Waals surface area contributed by atoms with Crippen molar-refractivity contribution in [3.8, 4) is 134 Å². The zero-order chi connectivity index (χ0) is 95.2. The van der Waals surface area contributed by atoms with Crippen LogP contribution < -0.4 is 14.7 Å². The van der Waals surface area contributed by atoms with Crippen LogP contribution in [0.1, 0.15) is 47.6 Å². The van der Waals surface area contributed by atoms with Crippen LogP contribution in [0.5, 0.6) is 0 Å². The second kappa shape index (κ2) is 36.0. The summed E-state index contributed by atoms with van der Waals surface area (Å²) in [5.41, 5.74) is 48.0. The quantitative estimate of drug-likeness (QED) is 0.0955. The van der Waals surface area contributed by atoms with E-state index in [9.17, 15) is 0 Å². The molecular formula is C139H101N3. The normalized spacial score (nSPS) is 11.7. The van der Waals surface area contributed by atoms with Crippen molar-refractivity contribution in [2.24, 2.45) is 0 Å². The van der Waals surface area contributed by atoms with Crippen molar-refractivity contribution in [2.75, 3.05) is 14.7 Å². The maximum atomic E-state index is 2.40. The van der Waals surface area contributed by atoms with Gasteiger partial charge in [0.25, 0.3) is 0 Å². The van der Waals surface area contributed by atoms with Gasteiger partial charge in [-0.25, -0.2) is 0 Å². The van der Waals surface area contributed by atoms with Gasteiger partial charge in [0.2, 0.25) is 0 Å². The molecule has 672 valence electrons. The molecule has 0 fully saturated rings. The van der Waals surface area contributed by atoms with Crippen LogP contribution in [0.25, 0.3) is 198 Å². The van der Waals surface area contributed by atoms with E-state index in [-0.39, 0.29) is 0 Å². The molecule has 0 heterocycles. The lowest BCUT2D eigenvalue weighted by atomic mass is 9.77. The molecule has 3 aliphatic carbocycles. The highest BCUT2D eigenvalue weighted by molar-refractivity contribution is 6.17. The molecule has 0 spiro atoms. The molecule has 0 saturated carbocycles. The predicted octanol–water partition coefficient (Wildman–Crippen LogP) is 39.7. The van der Waals surface area contributed by atoms with Gasteiger partial charge in [-0.15, -0.1) is 0 Å². The van der Waals surface area contributed by atoms with Crippen LogP contribution in [0.4, 0.5) is 51.2 Å². The number of para-hydroxylation sites is 3. The van der Waals surface area contributed by atoms with Crippen molar-refractivity contribution in [1.82, 2.24) is 0 Å². The van der Waals surface area contributed by atoms with Crippen molar-refractivity contribution in [3.63, 3.8) is 0 Å². The van der Waals surface area contributed by atoms with Crippen LogP contribution in [0.15, 0.2) is 497 Å². The average molecular weight is 1810 g/mol. The highest BCUT2D eigenvalue weighted by Gasteiger charge is 2.31. The highest BCUT2D eigenvalue weighted by atomic mass is 15.2. The molecule has 0 aromatic heterocycles. The Bertz CT molecular complexity index is 9000. The van der Waals surface area contributed by atoms with E-state index in [1.54, 1.807) is 0 Å². The van der Waals surface area contributed by atoms with Gasteiger partial charge in [-0.3, -0.25) is 0 Å². The molecule has 3 aliphatic rings. The molecule has 24 aromatic carbocycles. The maximum Gasteiger partial charge on any atom is 0.0468 e. The SMILES string of the molecule is CC(C)c1ccc(N(c2ccccc2)c2ccc3cc4c(cc3c2)-c2cc3cc(-c5ccccc5)c(-c5ccccc5)cc3cc2-4)cc1.Cc1cc(N(c2ccccc2)c2ccc3cc4c(cc3c2)-c2cc3cc(-c5ccccc5)c(-c5ccccc5)cc3cc2-4)cc(C)c1C.Cc1ccc(N(c2ccccc2)c2ccc3cc4c(cc3c2)-c2cc3cc(-c5ccccc5)c(-c5ccccc5)cc3cc2-4)cc1. The van der Waals surface area contributed by atoms with Gasteiger partial charge in [0.1, 0.15) is 0 Å². The van der Waals surface area contributed by atoms with E-state index in [1.165, 1.54) is 232 Å². The van der Waals surface area contributed by atoms with Gasteiger partial charge >= 0.3 is 0 Å². The van der Waals surface area contributed by atoms with Crippen LogP contribution in [-0.2, 0) is 0 Å². The first-order chi connectivity index (χ1) is 69.8. The molecule has 0 saturated heterocycles. The summed E-state index contributed by atoms with van der Waals surface area (Å²) in [6, 6.07) is 183. The molecule has 0 amide bonds. The van der Waals surface area contributed by atoms with E-state index in [0.29, 0.717) is 5.92 Å². The fourth-order valence-electron chi connectivity index (χ4n) is 21.9. The van der Waals surface area contributed by atoms with Crippen LogP contribution >= 0.6 is 0 Å². The van der Waals surface area contributed by atoms with Gasteiger partial charge in [0.05, 0.1) is 0 Å². The summed E-state index contributed by atoms with van der Waals surface area (Å²) < 4.78 is 0. The van der Waals surface area contributed by atoms with E-state index < -0.39 is 0 Å². The Hall–Kier alpha value is -17.8. The number of rotatable bonds is 16. The Labute approximate surface area is 830 Å². The smallest absolute Gasteiger partial charge is 0.0468 e. The molecule has 0 atom stereocenters. The summed E-state index contributed by atoms with van der Waals surface area (Å²) in [7, 11) is 0. The molecule has 0 bridgehead atoms. The average Bonchev–Trinajstić information content (AvgIpc) is 0.719. The van der Waals surface area contributed by atoms with Crippen molar-refractivity contribution in [2.45, 2.75) is 47.5 Å². The summed E-state index contributed by atoms with van der Waals surface area (Å²) in [6.07, 6.45) is 0. The molecular weight excluding hydrogens is 1710 g/mol. The Morgan fingerprint density at radius 2 is 0.317 bits per heavy atom. The van der Waals surface area contributed by atoms with Crippen molar-refractivity contribution < 1.29 is 0 Å². The van der Waals surface area contributed by atoms with E-state index in [0.717, 1.165) is 45.5 Å². The molecule has 0 N–H and O–H groups in total. The number of hydrogen-bond acceptors (Lipinski definition) is 3. The van der Waals surface area contributed by atoms with Gasteiger partial charge in [0, 0.05) is 51.2 Å². The van der Waals surface area contributed by atoms with Crippen molar-refractivity contribution in [3.05, 3.63) is 525 Å². The fraction of sp³-hybridized carbons (Fsp3) is 0.0504. The summed E-state index contributed by atoms with van der Waals surface area (Å²) in [5, 5.41) is 15.2. The number of hydrogen-bond donors (Lipinski definition) is 0. The van der Waals surface area contributed by atoms with Gasteiger partial charge < -0.3 is 14.7 Å². The third-order valence-corrected chi connectivity index (χ3v) is 29.6. The second-order valence-corrected chi connectivity index (χ2v) is 38.7. The highest BCUT2D eigenvalue weighted by Crippen LogP contribution is 2.57. The number of fused-ring (bicyclic) bond motifs is 18. The number of nitrogens with zero attached hydrogens (tertiary/aromatic N) is 3. The van der Waals surface area contributed by atoms with E-state index in [4.69, 9.17) is 0 Å². The fourth-order valence-corrected chi connectivity index (χ4v) is 21.9. The lowest BCUT2D eigenvalue weighted by Gasteiger charge is -2.28. The van der Waals surface area contributed by atoms with Gasteiger partial charge in [-0.1, -0.05) is 298 Å².